The molecule has 0 saturated heterocycles. The Morgan fingerprint density at radius 2 is 1.56 bits per heavy atom. The highest BCUT2D eigenvalue weighted by molar-refractivity contribution is 7.86. The summed E-state index contributed by atoms with van der Waals surface area (Å²) in [6.45, 7) is 0. The number of rotatable bonds is 3. The lowest BCUT2D eigenvalue weighted by atomic mass is 10.1. The van der Waals surface area contributed by atoms with Crippen molar-refractivity contribution in [1.82, 2.24) is 0 Å². The van der Waals surface area contributed by atoms with Crippen LogP contribution in [0, 0.1) is 0 Å². The van der Waals surface area contributed by atoms with Gasteiger partial charge in [-0.1, -0.05) is 12.1 Å². The van der Waals surface area contributed by atoms with Gasteiger partial charge >= 0.3 is 10.2 Å². The molecular weight excluding hydrogens is 279 g/mol. The summed E-state index contributed by atoms with van der Waals surface area (Å²) in [5.74, 6) is 0. The number of halogens is 5. The topological polar surface area (TPSA) is 34.1 Å². The molecule has 1 aromatic carbocycles. The monoisotopic (exact) mass is 284 g/mol. The predicted molar refractivity (Wildman–Crippen MR) is 55.1 cm³/mol. The first kappa shape index (κ1) is 14.4. The van der Waals surface area contributed by atoms with E-state index in [0.717, 1.165) is 12.1 Å². The predicted octanol–water partition coefficient (Wildman–Crippen LogP) is 3.82. The highest BCUT2D eigenvalue weighted by Crippen LogP contribution is 2.24. The van der Waals surface area contributed by atoms with Crippen molar-refractivity contribution >= 4 is 22.4 Å². The molecule has 1 rings (SSSR count). The van der Waals surface area contributed by atoms with E-state index in [1.165, 1.54) is 0 Å². The van der Waals surface area contributed by atoms with E-state index in [4.69, 9.17) is 0 Å². The van der Waals surface area contributed by atoms with Gasteiger partial charge in [0, 0.05) is 17.7 Å². The summed E-state index contributed by atoms with van der Waals surface area (Å²) in [5, 5.41) is 0. The molecule has 2 nitrogen and oxygen atoms in total. The fraction of sp³-hybridized carbons (Fsp3) is 0. The first-order valence-corrected chi connectivity index (χ1v) is 5.72. The Labute approximate surface area is 99.3 Å². The molecule has 0 radical (unpaired) electrons. The van der Waals surface area contributed by atoms with Crippen molar-refractivity contribution in [2.24, 2.45) is 0 Å². The van der Waals surface area contributed by atoms with E-state index in [1.54, 1.807) is 0 Å². The van der Waals surface area contributed by atoms with Crippen molar-refractivity contribution in [3.8, 4) is 0 Å². The Morgan fingerprint density at radius 1 is 1.00 bits per heavy atom. The molecule has 0 amide bonds. The van der Waals surface area contributed by atoms with Crippen LogP contribution in [0.2, 0.25) is 0 Å². The quantitative estimate of drug-likeness (QED) is 0.624. The second kappa shape index (κ2) is 5.30. The Balaban J connectivity index is 3.49. The largest absolute Gasteiger partial charge is 0.332 e. The average Bonchev–Trinajstić information content (AvgIpc) is 2.17. The molecule has 98 valence electrons. The molecule has 0 N–H and O–H groups in total. The van der Waals surface area contributed by atoms with Crippen LogP contribution in [0.25, 0.3) is 12.2 Å². The summed E-state index contributed by atoms with van der Waals surface area (Å²) in [5.41, 5.74) is -0.934. The molecule has 0 aliphatic carbocycles. The van der Waals surface area contributed by atoms with E-state index in [9.17, 15) is 29.9 Å². The Morgan fingerprint density at radius 3 is 2.00 bits per heavy atom. The molecule has 0 aliphatic rings. The summed E-state index contributed by atoms with van der Waals surface area (Å²) >= 11 is 0. The molecular formula is C10H5F5O2S. The van der Waals surface area contributed by atoms with Crippen molar-refractivity contribution in [2.45, 2.75) is 4.90 Å². The van der Waals surface area contributed by atoms with Crippen LogP contribution in [0.3, 0.4) is 0 Å². The van der Waals surface area contributed by atoms with Crippen LogP contribution < -0.4 is 0 Å². The van der Waals surface area contributed by atoms with Gasteiger partial charge in [0.2, 0.25) is 0 Å². The van der Waals surface area contributed by atoms with Gasteiger partial charge in [-0.05, 0) is 11.6 Å². The molecule has 0 spiro atoms. The van der Waals surface area contributed by atoms with Crippen LogP contribution in [0.4, 0.5) is 21.4 Å². The zero-order valence-corrected chi connectivity index (χ0v) is 9.32. The maximum absolute atomic E-state index is 12.8. The molecule has 8 heteroatoms. The molecule has 0 unspecified atom stereocenters. The van der Waals surface area contributed by atoms with E-state index in [2.05, 4.69) is 0 Å². The number of benzene rings is 1. The van der Waals surface area contributed by atoms with Gasteiger partial charge in [0.05, 0.1) is 0 Å². The Bertz CT molecular complexity index is 611. The first-order chi connectivity index (χ1) is 8.20. The molecule has 0 saturated carbocycles. The molecule has 0 bridgehead atoms. The fourth-order valence-corrected chi connectivity index (χ4v) is 1.90. The van der Waals surface area contributed by atoms with Crippen molar-refractivity contribution in [3.63, 3.8) is 0 Å². The van der Waals surface area contributed by atoms with E-state index in [-0.39, 0.29) is 17.7 Å². The molecule has 1 aromatic rings. The summed E-state index contributed by atoms with van der Waals surface area (Å²) in [4.78, 5) is -1.09. The third-order valence-electron chi connectivity index (χ3n) is 1.84. The molecule has 0 heterocycles. The lowest BCUT2D eigenvalue weighted by Crippen LogP contribution is -1.96. The summed E-state index contributed by atoms with van der Waals surface area (Å²) in [6.07, 6.45) is -3.95. The SMILES string of the molecule is O=S(=O)(F)c1cc(C=C(F)F)ccc1C=C(F)F. The number of hydrogen-bond donors (Lipinski definition) is 0. The first-order valence-electron chi connectivity index (χ1n) is 4.34. The fourth-order valence-electron chi connectivity index (χ4n) is 1.21. The Hall–Kier alpha value is -1.70. The zero-order chi connectivity index (χ0) is 13.9. The molecule has 0 aliphatic heterocycles. The van der Waals surface area contributed by atoms with Gasteiger partial charge in [-0.3, -0.25) is 0 Å². The van der Waals surface area contributed by atoms with Crippen LogP contribution in [0.15, 0.2) is 35.3 Å². The average molecular weight is 284 g/mol. The zero-order valence-electron chi connectivity index (χ0n) is 8.50. The second-order valence-electron chi connectivity index (χ2n) is 3.10. The van der Waals surface area contributed by atoms with E-state index in [1.807, 2.05) is 0 Å². The van der Waals surface area contributed by atoms with E-state index < -0.39 is 32.8 Å². The van der Waals surface area contributed by atoms with Crippen molar-refractivity contribution in [1.29, 1.82) is 0 Å². The molecule has 18 heavy (non-hydrogen) atoms. The normalized spacial score (nSPS) is 10.9. The van der Waals surface area contributed by atoms with Crippen molar-refractivity contribution in [2.75, 3.05) is 0 Å². The molecule has 0 atom stereocenters. The van der Waals surface area contributed by atoms with E-state index >= 15 is 0 Å². The van der Waals surface area contributed by atoms with Crippen LogP contribution in [0.1, 0.15) is 11.1 Å². The Kier molecular flexibility index (Phi) is 4.23. The van der Waals surface area contributed by atoms with Gasteiger partial charge in [-0.25, -0.2) is 0 Å². The van der Waals surface area contributed by atoms with Crippen LogP contribution >= 0.6 is 0 Å². The minimum absolute atomic E-state index is 0.131. The highest BCUT2D eigenvalue weighted by Gasteiger charge is 2.17. The lowest BCUT2D eigenvalue weighted by molar-refractivity contribution is 0.428. The standard InChI is InChI=1S/C10H5F5O2S/c11-9(12)4-6-1-2-7(5-10(13)14)8(3-6)18(15,16)17/h1-5H. The van der Waals surface area contributed by atoms with Crippen LogP contribution in [-0.4, -0.2) is 8.42 Å². The van der Waals surface area contributed by atoms with Gasteiger partial charge in [0.1, 0.15) is 4.90 Å². The minimum Gasteiger partial charge on any atom is -0.189 e. The highest BCUT2D eigenvalue weighted by atomic mass is 32.3. The summed E-state index contributed by atoms with van der Waals surface area (Å²) in [7, 11) is -5.29. The van der Waals surface area contributed by atoms with Gasteiger partial charge in [-0.2, -0.15) is 26.0 Å². The summed E-state index contributed by atoms with van der Waals surface area (Å²) < 4.78 is 82.2. The van der Waals surface area contributed by atoms with Crippen molar-refractivity contribution in [3.05, 3.63) is 41.5 Å². The van der Waals surface area contributed by atoms with Gasteiger partial charge in [-0.15, -0.1) is 3.89 Å². The third-order valence-corrected chi connectivity index (χ3v) is 2.72. The maximum Gasteiger partial charge on any atom is 0.332 e. The third kappa shape index (κ3) is 3.95. The minimum atomic E-state index is -5.29. The smallest absolute Gasteiger partial charge is 0.189 e. The van der Waals surface area contributed by atoms with Crippen LogP contribution in [-0.2, 0) is 10.2 Å². The molecule has 0 fully saturated rings. The maximum atomic E-state index is 12.8. The summed E-state index contributed by atoms with van der Waals surface area (Å²) in [6, 6.07) is 2.31. The molecule has 0 aromatic heterocycles. The lowest BCUT2D eigenvalue weighted by Gasteiger charge is -2.02. The van der Waals surface area contributed by atoms with Gasteiger partial charge in [0.25, 0.3) is 12.2 Å². The van der Waals surface area contributed by atoms with Gasteiger partial charge < -0.3 is 0 Å². The second-order valence-corrected chi connectivity index (χ2v) is 4.42. The van der Waals surface area contributed by atoms with Gasteiger partial charge in [0.15, 0.2) is 0 Å². The van der Waals surface area contributed by atoms with Crippen molar-refractivity contribution < 1.29 is 29.9 Å². The number of hydrogen-bond acceptors (Lipinski definition) is 2. The van der Waals surface area contributed by atoms with Crippen LogP contribution in [0.5, 0.6) is 0 Å². The van der Waals surface area contributed by atoms with E-state index in [0.29, 0.717) is 6.07 Å².